The van der Waals surface area contributed by atoms with E-state index >= 15 is 0 Å². The summed E-state index contributed by atoms with van der Waals surface area (Å²) >= 11 is 1.76. The van der Waals surface area contributed by atoms with E-state index in [0.717, 1.165) is 52.5 Å². The summed E-state index contributed by atoms with van der Waals surface area (Å²) in [5.41, 5.74) is 1.21. The average molecular weight is 308 g/mol. The van der Waals surface area contributed by atoms with Crippen LogP contribution in [0.15, 0.2) is 29.5 Å². The Labute approximate surface area is 130 Å². The van der Waals surface area contributed by atoms with E-state index in [2.05, 4.69) is 33.2 Å². The van der Waals surface area contributed by atoms with Crippen LogP contribution in [0.3, 0.4) is 0 Å². The molecule has 0 N–H and O–H groups in total. The first-order valence-electron chi connectivity index (χ1n) is 7.58. The third-order valence-electron chi connectivity index (χ3n) is 4.13. The summed E-state index contributed by atoms with van der Waals surface area (Å²) in [7, 11) is 0. The van der Waals surface area contributed by atoms with Gasteiger partial charge in [-0.15, -0.1) is 6.58 Å². The highest BCUT2D eigenvalue weighted by Crippen LogP contribution is 2.24. The second-order valence-corrected chi connectivity index (χ2v) is 6.73. The number of hydrogen-bond donors (Lipinski definition) is 0. The van der Waals surface area contributed by atoms with E-state index in [9.17, 15) is 0 Å². The maximum atomic E-state index is 6.17. The normalized spacial score (nSPS) is 28.6. The molecule has 0 aliphatic carbocycles. The Morgan fingerprint density at radius 2 is 2.14 bits per heavy atom. The Bertz CT molecular complexity index is 451. The van der Waals surface area contributed by atoms with Gasteiger partial charge >= 0.3 is 0 Å². The van der Waals surface area contributed by atoms with E-state index in [1.54, 1.807) is 11.3 Å². The summed E-state index contributed by atoms with van der Waals surface area (Å²) < 4.78 is 12.0. The number of nitrogens with zero attached hydrogens (tertiary/aromatic N) is 2. The number of rotatable bonds is 4. The van der Waals surface area contributed by atoms with Crippen molar-refractivity contribution in [2.75, 3.05) is 52.5 Å². The minimum Gasteiger partial charge on any atom is -0.377 e. The molecule has 21 heavy (non-hydrogen) atoms. The Kier molecular flexibility index (Phi) is 5.08. The first-order chi connectivity index (χ1) is 10.3. The Morgan fingerprint density at radius 1 is 1.29 bits per heavy atom. The van der Waals surface area contributed by atoms with Crippen LogP contribution >= 0.6 is 11.3 Å². The van der Waals surface area contributed by atoms with Crippen molar-refractivity contribution in [2.24, 2.45) is 0 Å². The number of ether oxygens (including phenoxy) is 2. The van der Waals surface area contributed by atoms with Crippen LogP contribution in [-0.2, 0) is 16.0 Å². The maximum absolute atomic E-state index is 6.17. The van der Waals surface area contributed by atoms with Crippen molar-refractivity contribution >= 4 is 11.3 Å². The lowest BCUT2D eigenvalue weighted by molar-refractivity contribution is -0.142. The molecule has 0 amide bonds. The molecule has 4 nitrogen and oxygen atoms in total. The smallest absolute Gasteiger partial charge is 0.117 e. The van der Waals surface area contributed by atoms with Crippen LogP contribution in [0.5, 0.6) is 0 Å². The molecule has 0 aromatic carbocycles. The molecular weight excluding hydrogens is 284 g/mol. The molecule has 1 aromatic heterocycles. The fourth-order valence-corrected chi connectivity index (χ4v) is 3.86. The SMILES string of the molecule is C=CCN1CCOCC2(C1)CN(Cc1ccsc1)CCO2. The highest BCUT2D eigenvalue weighted by atomic mass is 32.1. The quantitative estimate of drug-likeness (QED) is 0.793. The fourth-order valence-electron chi connectivity index (χ4n) is 3.20. The molecule has 116 valence electrons. The molecule has 1 aromatic rings. The lowest BCUT2D eigenvalue weighted by Gasteiger charge is -2.43. The zero-order valence-corrected chi connectivity index (χ0v) is 13.3. The van der Waals surface area contributed by atoms with Crippen molar-refractivity contribution in [3.8, 4) is 0 Å². The van der Waals surface area contributed by atoms with Crippen LogP contribution < -0.4 is 0 Å². The topological polar surface area (TPSA) is 24.9 Å². The second-order valence-electron chi connectivity index (χ2n) is 5.95. The first kappa shape index (κ1) is 15.2. The molecular formula is C16H24N2O2S. The molecule has 1 unspecified atom stereocenters. The van der Waals surface area contributed by atoms with Crippen molar-refractivity contribution in [2.45, 2.75) is 12.1 Å². The number of thiophene rings is 1. The van der Waals surface area contributed by atoms with Gasteiger partial charge in [0.25, 0.3) is 0 Å². The average Bonchev–Trinajstić information content (AvgIpc) is 2.90. The van der Waals surface area contributed by atoms with E-state index in [1.165, 1.54) is 5.56 Å². The second kappa shape index (κ2) is 7.03. The van der Waals surface area contributed by atoms with Gasteiger partial charge in [0.05, 0.1) is 19.8 Å². The Hall–Kier alpha value is -0.720. The number of morpholine rings is 1. The molecule has 5 heteroatoms. The van der Waals surface area contributed by atoms with Crippen molar-refractivity contribution < 1.29 is 9.47 Å². The molecule has 1 atom stereocenters. The van der Waals surface area contributed by atoms with Crippen LogP contribution in [0, 0.1) is 0 Å². The Balaban J connectivity index is 1.66. The molecule has 0 radical (unpaired) electrons. The largest absolute Gasteiger partial charge is 0.377 e. The fraction of sp³-hybridized carbons (Fsp3) is 0.625. The molecule has 1 spiro atoms. The molecule has 3 heterocycles. The van der Waals surface area contributed by atoms with Gasteiger partial charge in [-0.25, -0.2) is 0 Å². The third-order valence-corrected chi connectivity index (χ3v) is 4.86. The minimum absolute atomic E-state index is 0.187. The third kappa shape index (κ3) is 3.93. The van der Waals surface area contributed by atoms with Gasteiger partial charge in [0.1, 0.15) is 5.60 Å². The minimum atomic E-state index is -0.187. The van der Waals surface area contributed by atoms with E-state index in [-0.39, 0.29) is 5.60 Å². The lowest BCUT2D eigenvalue weighted by atomic mass is 10.0. The van der Waals surface area contributed by atoms with Crippen molar-refractivity contribution in [3.05, 3.63) is 35.0 Å². The van der Waals surface area contributed by atoms with Crippen LogP contribution in [0.4, 0.5) is 0 Å². The van der Waals surface area contributed by atoms with Gasteiger partial charge in [0.2, 0.25) is 0 Å². The summed E-state index contributed by atoms with van der Waals surface area (Å²) in [5, 5.41) is 4.38. The highest BCUT2D eigenvalue weighted by Gasteiger charge is 2.39. The van der Waals surface area contributed by atoms with Crippen LogP contribution in [0.1, 0.15) is 5.56 Å². The molecule has 2 fully saturated rings. The summed E-state index contributed by atoms with van der Waals surface area (Å²) in [6.45, 7) is 11.9. The van der Waals surface area contributed by atoms with Gasteiger partial charge in [0.15, 0.2) is 0 Å². The van der Waals surface area contributed by atoms with Gasteiger partial charge in [-0.3, -0.25) is 9.80 Å². The summed E-state index contributed by atoms with van der Waals surface area (Å²) in [6.07, 6.45) is 1.96. The molecule has 3 rings (SSSR count). The molecule has 2 aliphatic heterocycles. The van der Waals surface area contributed by atoms with E-state index in [0.29, 0.717) is 6.61 Å². The monoisotopic (exact) mass is 308 g/mol. The van der Waals surface area contributed by atoms with E-state index in [4.69, 9.17) is 9.47 Å². The van der Waals surface area contributed by atoms with Gasteiger partial charge < -0.3 is 9.47 Å². The predicted octanol–water partition coefficient (Wildman–Crippen LogP) is 1.84. The van der Waals surface area contributed by atoms with Gasteiger partial charge in [-0.05, 0) is 22.4 Å². The summed E-state index contributed by atoms with van der Waals surface area (Å²) in [6, 6.07) is 2.21. The van der Waals surface area contributed by atoms with E-state index < -0.39 is 0 Å². The molecule has 2 aliphatic rings. The molecule has 0 saturated carbocycles. The van der Waals surface area contributed by atoms with Gasteiger partial charge in [-0.1, -0.05) is 6.08 Å². The zero-order chi connectivity index (χ0) is 14.5. The van der Waals surface area contributed by atoms with Crippen molar-refractivity contribution in [1.29, 1.82) is 0 Å². The molecule has 0 bridgehead atoms. The Morgan fingerprint density at radius 3 is 2.95 bits per heavy atom. The summed E-state index contributed by atoms with van der Waals surface area (Å²) in [4.78, 5) is 4.88. The van der Waals surface area contributed by atoms with E-state index in [1.807, 2.05) is 6.08 Å². The van der Waals surface area contributed by atoms with Crippen molar-refractivity contribution in [1.82, 2.24) is 9.80 Å². The van der Waals surface area contributed by atoms with Gasteiger partial charge in [-0.2, -0.15) is 11.3 Å². The summed E-state index contributed by atoms with van der Waals surface area (Å²) in [5.74, 6) is 0. The predicted molar refractivity (Wildman–Crippen MR) is 85.7 cm³/mol. The lowest BCUT2D eigenvalue weighted by Crippen LogP contribution is -2.58. The van der Waals surface area contributed by atoms with Crippen LogP contribution in [0.2, 0.25) is 0 Å². The highest BCUT2D eigenvalue weighted by molar-refractivity contribution is 7.07. The first-order valence-corrected chi connectivity index (χ1v) is 8.52. The maximum Gasteiger partial charge on any atom is 0.117 e. The van der Waals surface area contributed by atoms with Crippen molar-refractivity contribution in [3.63, 3.8) is 0 Å². The number of hydrogen-bond acceptors (Lipinski definition) is 5. The zero-order valence-electron chi connectivity index (χ0n) is 12.5. The van der Waals surface area contributed by atoms with Gasteiger partial charge in [0, 0.05) is 39.3 Å². The molecule has 2 saturated heterocycles. The van der Waals surface area contributed by atoms with Crippen LogP contribution in [-0.4, -0.2) is 67.9 Å². The van der Waals surface area contributed by atoms with Crippen LogP contribution in [0.25, 0.3) is 0 Å². The standard InChI is InChI=1S/C16H24N2O2S/c1-2-4-17-5-7-19-14-16(12-17)13-18(6-8-20-16)10-15-3-9-21-11-15/h2-3,9,11H,1,4-8,10,12-14H2.